The molecular formula is C18H30N2O. The number of benzene rings is 1. The molecule has 1 N–H and O–H groups in total. The molecule has 2 unspecified atom stereocenters. The van der Waals surface area contributed by atoms with Crippen LogP contribution in [0, 0.1) is 11.8 Å². The fourth-order valence-electron chi connectivity index (χ4n) is 3.19. The van der Waals surface area contributed by atoms with Crippen molar-refractivity contribution in [1.82, 2.24) is 10.2 Å². The van der Waals surface area contributed by atoms with Crippen molar-refractivity contribution in [3.8, 4) is 5.75 Å². The summed E-state index contributed by atoms with van der Waals surface area (Å²) in [6.07, 6.45) is 0. The first-order valence-corrected chi connectivity index (χ1v) is 8.12. The fourth-order valence-corrected chi connectivity index (χ4v) is 3.19. The summed E-state index contributed by atoms with van der Waals surface area (Å²) < 4.78 is 5.51. The van der Waals surface area contributed by atoms with Gasteiger partial charge in [0.2, 0.25) is 0 Å². The molecule has 0 amide bonds. The molecule has 1 aliphatic heterocycles. The van der Waals surface area contributed by atoms with Crippen LogP contribution in [-0.4, -0.2) is 37.2 Å². The van der Waals surface area contributed by atoms with E-state index in [2.05, 4.69) is 56.1 Å². The molecular weight excluding hydrogens is 260 g/mol. The lowest BCUT2D eigenvalue weighted by atomic mass is 9.93. The van der Waals surface area contributed by atoms with Crippen LogP contribution < -0.4 is 10.1 Å². The van der Waals surface area contributed by atoms with E-state index in [0.717, 1.165) is 25.4 Å². The summed E-state index contributed by atoms with van der Waals surface area (Å²) in [5.74, 6) is 2.32. The minimum atomic E-state index is 0.578. The van der Waals surface area contributed by atoms with E-state index < -0.39 is 0 Å². The van der Waals surface area contributed by atoms with Gasteiger partial charge in [-0.25, -0.2) is 0 Å². The molecule has 3 nitrogen and oxygen atoms in total. The van der Waals surface area contributed by atoms with Gasteiger partial charge in [0.15, 0.2) is 0 Å². The molecule has 1 fully saturated rings. The van der Waals surface area contributed by atoms with E-state index in [1.54, 1.807) is 7.11 Å². The van der Waals surface area contributed by atoms with Crippen LogP contribution in [-0.2, 0) is 6.54 Å². The van der Waals surface area contributed by atoms with Gasteiger partial charge in [-0.05, 0) is 17.9 Å². The predicted molar refractivity (Wildman–Crippen MR) is 88.7 cm³/mol. The Balaban J connectivity index is 2.16. The number of ether oxygens (including phenoxy) is 1. The van der Waals surface area contributed by atoms with Crippen molar-refractivity contribution in [2.45, 2.75) is 46.3 Å². The zero-order chi connectivity index (χ0) is 15.4. The molecule has 2 rings (SSSR count). The van der Waals surface area contributed by atoms with Gasteiger partial charge in [-0.1, -0.05) is 45.9 Å². The highest BCUT2D eigenvalue weighted by molar-refractivity contribution is 5.33. The number of hydrogen-bond donors (Lipinski definition) is 1. The first-order chi connectivity index (χ1) is 10.0. The molecule has 1 heterocycles. The molecule has 21 heavy (non-hydrogen) atoms. The molecule has 118 valence electrons. The number of hydrogen-bond acceptors (Lipinski definition) is 3. The van der Waals surface area contributed by atoms with Gasteiger partial charge in [0.25, 0.3) is 0 Å². The molecule has 3 heteroatoms. The Bertz CT molecular complexity index is 445. The summed E-state index contributed by atoms with van der Waals surface area (Å²) in [6.45, 7) is 12.4. The Morgan fingerprint density at radius 2 is 1.90 bits per heavy atom. The van der Waals surface area contributed by atoms with Crippen LogP contribution in [0.2, 0.25) is 0 Å². The van der Waals surface area contributed by atoms with E-state index >= 15 is 0 Å². The summed E-state index contributed by atoms with van der Waals surface area (Å²) in [5.41, 5.74) is 1.29. The van der Waals surface area contributed by atoms with Gasteiger partial charge < -0.3 is 10.1 Å². The Kier molecular flexibility index (Phi) is 5.65. The second-order valence-corrected chi connectivity index (χ2v) is 6.81. The molecule has 2 atom stereocenters. The van der Waals surface area contributed by atoms with E-state index in [0.29, 0.717) is 23.9 Å². The third kappa shape index (κ3) is 3.98. The number of para-hydroxylation sites is 1. The smallest absolute Gasteiger partial charge is 0.123 e. The zero-order valence-electron chi connectivity index (χ0n) is 14.1. The normalized spacial score (nSPS) is 23.8. The molecule has 0 aliphatic carbocycles. The van der Waals surface area contributed by atoms with Crippen LogP contribution in [0.5, 0.6) is 5.75 Å². The monoisotopic (exact) mass is 290 g/mol. The average molecular weight is 290 g/mol. The predicted octanol–water partition coefficient (Wildman–Crippen LogP) is 3.15. The third-order valence-corrected chi connectivity index (χ3v) is 4.63. The van der Waals surface area contributed by atoms with Crippen molar-refractivity contribution in [3.05, 3.63) is 29.8 Å². The fraction of sp³-hybridized carbons (Fsp3) is 0.667. The molecule has 1 aromatic rings. The van der Waals surface area contributed by atoms with Crippen molar-refractivity contribution in [1.29, 1.82) is 0 Å². The van der Waals surface area contributed by atoms with Crippen LogP contribution in [0.1, 0.15) is 33.3 Å². The minimum Gasteiger partial charge on any atom is -0.496 e. The number of rotatable bonds is 5. The van der Waals surface area contributed by atoms with E-state index in [9.17, 15) is 0 Å². The molecule has 1 aliphatic rings. The zero-order valence-corrected chi connectivity index (χ0v) is 14.1. The summed E-state index contributed by atoms with van der Waals surface area (Å²) in [4.78, 5) is 2.63. The molecule has 0 bridgehead atoms. The maximum atomic E-state index is 5.51. The Labute approximate surface area is 129 Å². The maximum absolute atomic E-state index is 5.51. The van der Waals surface area contributed by atoms with Crippen LogP contribution in [0.25, 0.3) is 0 Å². The summed E-state index contributed by atoms with van der Waals surface area (Å²) in [5, 5.41) is 3.72. The molecule has 1 saturated heterocycles. The van der Waals surface area contributed by atoms with E-state index in [4.69, 9.17) is 4.74 Å². The first-order valence-electron chi connectivity index (χ1n) is 8.12. The number of piperazine rings is 1. The van der Waals surface area contributed by atoms with Crippen molar-refractivity contribution < 1.29 is 4.74 Å². The minimum absolute atomic E-state index is 0.578. The van der Waals surface area contributed by atoms with Crippen molar-refractivity contribution in [2.24, 2.45) is 11.8 Å². The highest BCUT2D eigenvalue weighted by Gasteiger charge is 2.31. The van der Waals surface area contributed by atoms with Crippen molar-refractivity contribution >= 4 is 0 Å². The second kappa shape index (κ2) is 7.28. The second-order valence-electron chi connectivity index (χ2n) is 6.81. The largest absolute Gasteiger partial charge is 0.496 e. The van der Waals surface area contributed by atoms with Gasteiger partial charge in [-0.15, -0.1) is 0 Å². The maximum Gasteiger partial charge on any atom is 0.123 e. The molecule has 0 saturated carbocycles. The number of nitrogens with one attached hydrogen (secondary N) is 1. The average Bonchev–Trinajstić information content (AvgIpc) is 2.47. The standard InChI is InChI=1S/C18H30N2O/c1-13(2)16-12-20(17(10-19-16)14(3)4)11-15-8-6-7-9-18(15)21-5/h6-9,13-14,16-17,19H,10-12H2,1-5H3. The lowest BCUT2D eigenvalue weighted by molar-refractivity contribution is 0.0776. The molecule has 1 aromatic carbocycles. The number of methoxy groups -OCH3 is 1. The van der Waals surface area contributed by atoms with Crippen LogP contribution >= 0.6 is 0 Å². The van der Waals surface area contributed by atoms with Gasteiger partial charge in [0, 0.05) is 37.3 Å². The Morgan fingerprint density at radius 3 is 2.52 bits per heavy atom. The lowest BCUT2D eigenvalue weighted by Gasteiger charge is -2.44. The van der Waals surface area contributed by atoms with Gasteiger partial charge >= 0.3 is 0 Å². The van der Waals surface area contributed by atoms with Gasteiger partial charge in [0.1, 0.15) is 5.75 Å². The molecule has 0 aromatic heterocycles. The number of nitrogens with zero attached hydrogens (tertiary/aromatic N) is 1. The summed E-state index contributed by atoms with van der Waals surface area (Å²) in [6, 6.07) is 9.55. The third-order valence-electron chi connectivity index (χ3n) is 4.63. The highest BCUT2D eigenvalue weighted by atomic mass is 16.5. The SMILES string of the molecule is COc1ccccc1CN1CC(C(C)C)NCC1C(C)C. The highest BCUT2D eigenvalue weighted by Crippen LogP contribution is 2.24. The topological polar surface area (TPSA) is 24.5 Å². The Morgan fingerprint density at radius 1 is 1.19 bits per heavy atom. The van der Waals surface area contributed by atoms with Crippen molar-refractivity contribution in [3.63, 3.8) is 0 Å². The van der Waals surface area contributed by atoms with Gasteiger partial charge in [-0.2, -0.15) is 0 Å². The van der Waals surface area contributed by atoms with E-state index in [1.807, 2.05) is 6.07 Å². The van der Waals surface area contributed by atoms with E-state index in [-0.39, 0.29) is 0 Å². The van der Waals surface area contributed by atoms with Gasteiger partial charge in [0.05, 0.1) is 7.11 Å². The van der Waals surface area contributed by atoms with Crippen LogP contribution in [0.3, 0.4) is 0 Å². The van der Waals surface area contributed by atoms with Crippen molar-refractivity contribution in [2.75, 3.05) is 20.2 Å². The first kappa shape index (κ1) is 16.3. The Hall–Kier alpha value is -1.06. The summed E-state index contributed by atoms with van der Waals surface area (Å²) >= 11 is 0. The summed E-state index contributed by atoms with van der Waals surface area (Å²) in [7, 11) is 1.76. The van der Waals surface area contributed by atoms with Crippen LogP contribution in [0.15, 0.2) is 24.3 Å². The molecule has 0 spiro atoms. The molecule has 0 radical (unpaired) electrons. The van der Waals surface area contributed by atoms with Gasteiger partial charge in [-0.3, -0.25) is 4.90 Å². The quantitative estimate of drug-likeness (QED) is 0.901. The van der Waals surface area contributed by atoms with E-state index in [1.165, 1.54) is 5.56 Å². The van der Waals surface area contributed by atoms with Crippen LogP contribution in [0.4, 0.5) is 0 Å². The lowest BCUT2D eigenvalue weighted by Crippen LogP contribution is -2.59.